The minimum atomic E-state index is -0.676. The van der Waals surface area contributed by atoms with Gasteiger partial charge in [0.1, 0.15) is 0 Å². The fourth-order valence-corrected chi connectivity index (χ4v) is 1.59. The van der Waals surface area contributed by atoms with Crippen LogP contribution in [-0.4, -0.2) is 15.2 Å². The van der Waals surface area contributed by atoms with Crippen LogP contribution < -0.4 is 11.1 Å². The minimum absolute atomic E-state index is 0.451. The molecule has 0 aliphatic heterocycles. The van der Waals surface area contributed by atoms with E-state index >= 15 is 0 Å². The molecule has 0 radical (unpaired) electrons. The lowest BCUT2D eigenvalue weighted by molar-refractivity contribution is 0.242. The summed E-state index contributed by atoms with van der Waals surface area (Å²) < 4.78 is 1.81. The Morgan fingerprint density at radius 1 is 0.889 bits per heavy atom. The zero-order chi connectivity index (χ0) is 13.3. The summed E-state index contributed by atoms with van der Waals surface area (Å²) in [5.41, 5.74) is 0.626. The van der Waals surface area contributed by atoms with Crippen molar-refractivity contribution < 1.29 is 4.79 Å². The number of hydrogen-bond acceptors (Lipinski definition) is 3. The average Bonchev–Trinajstić information content (AvgIpc) is 2.28. The highest BCUT2D eigenvalue weighted by atomic mass is 16.2. The monoisotopic (exact) mass is 244 g/mol. The first-order chi connectivity index (χ1) is 8.49. The van der Waals surface area contributed by atoms with Crippen LogP contribution in [0.1, 0.15) is 11.1 Å². The molecule has 2 aromatic rings. The van der Waals surface area contributed by atoms with Crippen molar-refractivity contribution in [1.29, 1.82) is 0 Å². The van der Waals surface area contributed by atoms with Gasteiger partial charge in [-0.15, -0.1) is 0 Å². The first kappa shape index (κ1) is 12.0. The summed E-state index contributed by atoms with van der Waals surface area (Å²) in [6, 6.07) is 5.29. The van der Waals surface area contributed by atoms with Crippen LogP contribution in [0.15, 0.2) is 46.2 Å². The van der Waals surface area contributed by atoms with Gasteiger partial charge in [-0.05, 0) is 37.1 Å². The Bertz CT molecular complexity index is 664. The maximum absolute atomic E-state index is 12.0. The first-order valence-electron chi connectivity index (χ1n) is 5.42. The van der Waals surface area contributed by atoms with Gasteiger partial charge in [-0.1, -0.05) is 0 Å². The third kappa shape index (κ3) is 2.15. The fourth-order valence-electron chi connectivity index (χ4n) is 1.59. The van der Waals surface area contributed by atoms with Crippen molar-refractivity contribution in [1.82, 2.24) is 9.13 Å². The number of hydrogen-bond donors (Lipinski definition) is 0. The lowest BCUT2D eigenvalue weighted by Crippen LogP contribution is -2.35. The van der Waals surface area contributed by atoms with E-state index in [9.17, 15) is 14.4 Å². The Kier molecular flexibility index (Phi) is 2.97. The van der Waals surface area contributed by atoms with Crippen LogP contribution in [0, 0.1) is 13.8 Å². The van der Waals surface area contributed by atoms with E-state index in [1.807, 2.05) is 0 Å². The zero-order valence-corrected chi connectivity index (χ0v) is 10.1. The standard InChI is InChI=1S/C13H12N2O3/c1-9-3-5-14(11(16)7-9)13(18)15-6-4-10(2)8-12(15)17/h3-8H,1-2H3. The van der Waals surface area contributed by atoms with Crippen LogP contribution in [0.3, 0.4) is 0 Å². The number of aromatic nitrogens is 2. The van der Waals surface area contributed by atoms with E-state index < -0.39 is 17.1 Å². The quantitative estimate of drug-likeness (QED) is 0.698. The van der Waals surface area contributed by atoms with Crippen LogP contribution in [0.25, 0.3) is 0 Å². The minimum Gasteiger partial charge on any atom is -0.269 e. The third-order valence-corrected chi connectivity index (χ3v) is 2.56. The van der Waals surface area contributed by atoms with Crippen LogP contribution in [0.2, 0.25) is 0 Å². The molecular formula is C13H12N2O3. The highest BCUT2D eigenvalue weighted by molar-refractivity contribution is 5.78. The second-order valence-corrected chi connectivity index (χ2v) is 4.11. The number of carbonyl (C=O) groups excluding carboxylic acids is 1. The Hall–Kier alpha value is -2.43. The molecule has 0 N–H and O–H groups in total. The predicted octanol–water partition coefficient (Wildman–Crippen LogP) is 1.14. The summed E-state index contributed by atoms with van der Waals surface area (Å²) in [7, 11) is 0. The van der Waals surface area contributed by atoms with Gasteiger partial charge in [0.25, 0.3) is 11.1 Å². The van der Waals surface area contributed by atoms with Gasteiger partial charge >= 0.3 is 6.03 Å². The normalized spacial score (nSPS) is 10.3. The molecule has 0 spiro atoms. The molecule has 2 aromatic heterocycles. The van der Waals surface area contributed by atoms with E-state index in [4.69, 9.17) is 0 Å². The highest BCUT2D eigenvalue weighted by Crippen LogP contribution is 1.95. The molecule has 2 heterocycles. The number of pyridine rings is 2. The molecule has 0 unspecified atom stereocenters. The largest absolute Gasteiger partial charge is 0.342 e. The van der Waals surface area contributed by atoms with Crippen molar-refractivity contribution in [2.75, 3.05) is 0 Å². The van der Waals surface area contributed by atoms with E-state index in [2.05, 4.69) is 0 Å². The summed E-state index contributed by atoms with van der Waals surface area (Å²) in [5, 5.41) is 0. The lowest BCUT2D eigenvalue weighted by Gasteiger charge is -2.06. The van der Waals surface area contributed by atoms with Gasteiger partial charge in [0.2, 0.25) is 0 Å². The molecule has 0 aromatic carbocycles. The predicted molar refractivity (Wildman–Crippen MR) is 67.1 cm³/mol. The Morgan fingerprint density at radius 2 is 1.28 bits per heavy atom. The maximum Gasteiger partial charge on any atom is 0.342 e. The van der Waals surface area contributed by atoms with Crippen molar-refractivity contribution in [2.24, 2.45) is 0 Å². The van der Waals surface area contributed by atoms with Gasteiger partial charge in [-0.3, -0.25) is 9.59 Å². The van der Waals surface area contributed by atoms with Crippen LogP contribution >= 0.6 is 0 Å². The van der Waals surface area contributed by atoms with Crippen LogP contribution in [-0.2, 0) is 0 Å². The van der Waals surface area contributed by atoms with E-state index in [1.54, 1.807) is 26.0 Å². The molecule has 0 amide bonds. The lowest BCUT2D eigenvalue weighted by atomic mass is 10.3. The smallest absolute Gasteiger partial charge is 0.269 e. The van der Waals surface area contributed by atoms with Crippen LogP contribution in [0.4, 0.5) is 4.79 Å². The molecule has 0 aliphatic rings. The fraction of sp³-hybridized carbons (Fsp3) is 0.154. The second kappa shape index (κ2) is 4.44. The molecule has 2 rings (SSSR count). The van der Waals surface area contributed by atoms with Gasteiger partial charge in [-0.25, -0.2) is 13.9 Å². The molecule has 0 aliphatic carbocycles. The summed E-state index contributed by atoms with van der Waals surface area (Å²) in [4.78, 5) is 35.4. The zero-order valence-electron chi connectivity index (χ0n) is 10.1. The number of rotatable bonds is 0. The molecule has 0 fully saturated rings. The molecule has 92 valence electrons. The molecule has 18 heavy (non-hydrogen) atoms. The summed E-state index contributed by atoms with van der Waals surface area (Å²) in [6.07, 6.45) is 2.73. The van der Waals surface area contributed by atoms with Crippen molar-refractivity contribution >= 4 is 6.03 Å². The Balaban J connectivity index is 2.55. The van der Waals surface area contributed by atoms with Gasteiger partial charge in [-0.2, -0.15) is 0 Å². The van der Waals surface area contributed by atoms with Gasteiger partial charge in [0, 0.05) is 24.5 Å². The number of nitrogens with zero attached hydrogens (tertiary/aromatic N) is 2. The highest BCUT2D eigenvalue weighted by Gasteiger charge is 2.10. The van der Waals surface area contributed by atoms with Crippen molar-refractivity contribution in [3.8, 4) is 0 Å². The van der Waals surface area contributed by atoms with Gasteiger partial charge in [0.15, 0.2) is 0 Å². The molecule has 0 atom stereocenters. The van der Waals surface area contributed by atoms with Crippen molar-refractivity contribution in [3.05, 3.63) is 68.5 Å². The Morgan fingerprint density at radius 3 is 1.61 bits per heavy atom. The van der Waals surface area contributed by atoms with Crippen molar-refractivity contribution in [3.63, 3.8) is 0 Å². The van der Waals surface area contributed by atoms with Crippen molar-refractivity contribution in [2.45, 2.75) is 13.8 Å². The Labute approximate surface area is 103 Å². The van der Waals surface area contributed by atoms with E-state index in [0.717, 1.165) is 20.3 Å². The molecule has 0 saturated carbocycles. The molecular weight excluding hydrogens is 232 g/mol. The first-order valence-corrected chi connectivity index (χ1v) is 5.42. The average molecular weight is 244 g/mol. The number of carbonyl (C=O) groups is 1. The summed E-state index contributed by atoms with van der Waals surface area (Å²) >= 11 is 0. The van der Waals surface area contributed by atoms with Gasteiger partial charge < -0.3 is 0 Å². The molecule has 5 nitrogen and oxygen atoms in total. The van der Waals surface area contributed by atoms with E-state index in [-0.39, 0.29) is 0 Å². The summed E-state index contributed by atoms with van der Waals surface area (Å²) in [6.45, 7) is 3.52. The molecule has 5 heteroatoms. The summed E-state index contributed by atoms with van der Waals surface area (Å²) in [5.74, 6) is 0. The number of aryl methyl sites for hydroxylation is 2. The third-order valence-electron chi connectivity index (χ3n) is 2.56. The molecule has 0 saturated heterocycles. The van der Waals surface area contributed by atoms with Crippen LogP contribution in [0.5, 0.6) is 0 Å². The SMILES string of the molecule is Cc1ccn(C(=O)n2ccc(C)cc2=O)c(=O)c1. The topological polar surface area (TPSA) is 61.1 Å². The van der Waals surface area contributed by atoms with E-state index in [0.29, 0.717) is 0 Å². The second-order valence-electron chi connectivity index (χ2n) is 4.11. The maximum atomic E-state index is 12.0. The van der Waals surface area contributed by atoms with E-state index in [1.165, 1.54) is 24.5 Å². The van der Waals surface area contributed by atoms with Gasteiger partial charge in [0.05, 0.1) is 0 Å². The molecule has 0 bridgehead atoms.